The highest BCUT2D eigenvalue weighted by atomic mass is 16.6. The van der Waals surface area contributed by atoms with E-state index in [1.807, 2.05) is 6.07 Å². The van der Waals surface area contributed by atoms with Crippen molar-refractivity contribution < 1.29 is 76.2 Å². The van der Waals surface area contributed by atoms with E-state index in [0.29, 0.717) is 51.5 Å². The molecule has 0 spiro atoms. The number of carbonyl (C=O) groups is 7. The van der Waals surface area contributed by atoms with Gasteiger partial charge in [-0.25, -0.2) is 33.6 Å². The number of carbonyl (C=O) groups excluding carboxylic acids is 7. The molecule has 0 N–H and O–H groups in total. The highest BCUT2D eigenvalue weighted by molar-refractivity contribution is 5.98. The average molecular weight is 969 g/mol. The molecule has 16 nitrogen and oxygen atoms in total. The summed E-state index contributed by atoms with van der Waals surface area (Å²) in [6, 6.07) is 23.2. The molecule has 0 aliphatic carbocycles. The smallest absolute Gasteiger partial charge is 0.343 e. The van der Waals surface area contributed by atoms with Crippen LogP contribution in [0.2, 0.25) is 0 Å². The van der Waals surface area contributed by atoms with Gasteiger partial charge in [-0.2, -0.15) is 0 Å². The van der Waals surface area contributed by atoms with Crippen molar-refractivity contribution in [3.05, 3.63) is 180 Å². The molecule has 0 fully saturated rings. The molecule has 5 aromatic carbocycles. The van der Waals surface area contributed by atoms with Crippen molar-refractivity contribution in [2.45, 2.75) is 46.3 Å². The highest BCUT2D eigenvalue weighted by Crippen LogP contribution is 2.28. The van der Waals surface area contributed by atoms with E-state index in [0.717, 1.165) is 40.6 Å². The lowest BCUT2D eigenvalue weighted by Crippen LogP contribution is -2.30. The van der Waals surface area contributed by atoms with Gasteiger partial charge >= 0.3 is 41.8 Å². The molecule has 0 bridgehead atoms. The number of benzene rings is 5. The van der Waals surface area contributed by atoms with Gasteiger partial charge in [-0.1, -0.05) is 50.6 Å². The van der Waals surface area contributed by atoms with Crippen LogP contribution in [0.4, 0.5) is 0 Å². The first-order chi connectivity index (χ1) is 34.0. The minimum absolute atomic E-state index is 0.0837. The quantitative estimate of drug-likeness (QED) is 0.0247. The minimum atomic E-state index is -0.929. The maximum Gasteiger partial charge on any atom is 0.343 e. The van der Waals surface area contributed by atoms with Crippen molar-refractivity contribution in [2.75, 3.05) is 33.0 Å². The molecule has 0 radical (unpaired) electrons. The molecule has 0 aromatic heterocycles. The summed E-state index contributed by atoms with van der Waals surface area (Å²) in [5.41, 5.74) is 4.28. The summed E-state index contributed by atoms with van der Waals surface area (Å²) in [6.07, 6.45) is 2.46. The molecule has 0 heterocycles. The minimum Gasteiger partial charge on any atom is -0.489 e. The fraction of sp³-hybridized carbons (Fsp3) is 0.218. The van der Waals surface area contributed by atoms with E-state index in [4.69, 9.17) is 42.6 Å². The Morgan fingerprint density at radius 1 is 0.465 bits per heavy atom. The van der Waals surface area contributed by atoms with Crippen LogP contribution in [0.1, 0.15) is 58.9 Å². The molecular weight excluding hydrogens is 917 g/mol. The van der Waals surface area contributed by atoms with Gasteiger partial charge < -0.3 is 42.6 Å². The third kappa shape index (κ3) is 15.6. The van der Waals surface area contributed by atoms with Gasteiger partial charge in [0.1, 0.15) is 49.4 Å². The molecule has 0 saturated carbocycles. The molecule has 0 saturated heterocycles. The summed E-state index contributed by atoms with van der Waals surface area (Å²) in [5, 5.41) is 1.45. The Kier molecular flexibility index (Phi) is 19.1. The zero-order valence-electron chi connectivity index (χ0n) is 39.7. The molecule has 71 heavy (non-hydrogen) atoms. The van der Waals surface area contributed by atoms with Gasteiger partial charge in [-0.05, 0) is 127 Å². The largest absolute Gasteiger partial charge is 0.489 e. The molecule has 0 amide bonds. The summed E-state index contributed by atoms with van der Waals surface area (Å²) in [7, 11) is 0. The Bertz CT molecular complexity index is 2880. The normalized spacial score (nSPS) is 11.4. The van der Waals surface area contributed by atoms with Crippen LogP contribution in [-0.2, 0) is 49.3 Å². The first kappa shape index (κ1) is 53.2. The van der Waals surface area contributed by atoms with Crippen LogP contribution in [0.25, 0.3) is 10.8 Å². The van der Waals surface area contributed by atoms with E-state index in [9.17, 15) is 33.6 Å². The summed E-state index contributed by atoms with van der Waals surface area (Å²) in [5.74, 6) is -3.11. The van der Waals surface area contributed by atoms with Gasteiger partial charge in [0, 0.05) is 30.7 Å². The zero-order chi connectivity index (χ0) is 51.6. The summed E-state index contributed by atoms with van der Waals surface area (Å²) in [6.45, 7) is 19.7. The molecule has 0 aliphatic rings. The Hall–Kier alpha value is -8.79. The maximum absolute atomic E-state index is 13.3. The van der Waals surface area contributed by atoms with Gasteiger partial charge in [-0.3, -0.25) is 0 Å². The van der Waals surface area contributed by atoms with Crippen LogP contribution in [0.5, 0.6) is 23.0 Å². The number of hydrogen-bond donors (Lipinski definition) is 0. The van der Waals surface area contributed by atoms with Crippen molar-refractivity contribution in [3.63, 3.8) is 0 Å². The molecule has 0 aliphatic heterocycles. The lowest BCUT2D eigenvalue weighted by atomic mass is 10.0. The summed E-state index contributed by atoms with van der Waals surface area (Å²) in [4.78, 5) is 86.1. The Labute approximate surface area is 410 Å². The van der Waals surface area contributed by atoms with Crippen LogP contribution in [0, 0.1) is 27.7 Å². The zero-order valence-corrected chi connectivity index (χ0v) is 39.7. The Balaban J connectivity index is 1.11. The number of fused-ring (bicyclic) bond motifs is 1. The molecule has 5 aromatic rings. The molecule has 5 rings (SSSR count). The second-order valence-corrected chi connectivity index (χ2v) is 15.7. The second kappa shape index (κ2) is 25.5. The number of hydrogen-bond acceptors (Lipinski definition) is 16. The highest BCUT2D eigenvalue weighted by Gasteiger charge is 2.21. The third-order valence-corrected chi connectivity index (χ3v) is 10.4. The first-order valence-electron chi connectivity index (χ1n) is 22.0. The predicted octanol–water partition coefficient (Wildman–Crippen LogP) is 8.32. The van der Waals surface area contributed by atoms with Gasteiger partial charge in [0.05, 0.1) is 23.3 Å². The average Bonchev–Trinajstić information content (AvgIpc) is 3.35. The monoisotopic (exact) mass is 968 g/mol. The van der Waals surface area contributed by atoms with Crippen molar-refractivity contribution >= 4 is 52.6 Å². The van der Waals surface area contributed by atoms with E-state index < -0.39 is 54.0 Å². The fourth-order valence-corrected chi connectivity index (χ4v) is 6.69. The SMILES string of the molecule is C=CC(=O)OCC(COc1ccc(C(=O)Oc2ccc3cc(C(=O)OCCc4ccc(OC(=O)c5ccc(OCC(COC(=O)C=C)OC(=O)C=C)c(C)c5)c(C)c4)c(C)cc3c2)cc1C)OC(=O)C=C. The van der Waals surface area contributed by atoms with E-state index in [1.165, 1.54) is 12.1 Å². The van der Waals surface area contributed by atoms with E-state index in [2.05, 4.69) is 26.3 Å². The number of rotatable bonds is 24. The van der Waals surface area contributed by atoms with E-state index in [-0.39, 0.29) is 49.9 Å². The standard InChI is InChI=1S/C55H52O16/c1-9-49(56)66-31-43(68-51(58)11-3)29-64-46-19-15-39(25-35(46)7)53(60)70-42-17-14-38-28-45(33(5)24-41(38)27-42)55(62)63-22-21-37-13-18-48(34(6)23-37)71-54(61)40-16-20-47(36(8)26-40)65-30-44(69-52(59)12-4)32-67-50(57)10-2/h9-20,23-28,43-44H,1-4,21-22,29-32H2,5-8H3. The van der Waals surface area contributed by atoms with Crippen molar-refractivity contribution in [1.29, 1.82) is 0 Å². The van der Waals surface area contributed by atoms with Crippen LogP contribution in [0.15, 0.2) is 136 Å². The lowest BCUT2D eigenvalue weighted by Gasteiger charge is -2.18. The van der Waals surface area contributed by atoms with E-state index in [1.54, 1.807) is 94.4 Å². The predicted molar refractivity (Wildman–Crippen MR) is 260 cm³/mol. The Morgan fingerprint density at radius 2 is 0.972 bits per heavy atom. The lowest BCUT2D eigenvalue weighted by molar-refractivity contribution is -0.154. The van der Waals surface area contributed by atoms with Gasteiger partial charge in [0.15, 0.2) is 12.2 Å². The number of ether oxygens (including phenoxy) is 9. The van der Waals surface area contributed by atoms with Gasteiger partial charge in [0.2, 0.25) is 0 Å². The van der Waals surface area contributed by atoms with Crippen molar-refractivity contribution in [3.8, 4) is 23.0 Å². The second-order valence-electron chi connectivity index (χ2n) is 15.7. The molecule has 2 unspecified atom stereocenters. The fourth-order valence-electron chi connectivity index (χ4n) is 6.69. The van der Waals surface area contributed by atoms with E-state index >= 15 is 0 Å². The third-order valence-electron chi connectivity index (χ3n) is 10.4. The Morgan fingerprint density at radius 3 is 1.48 bits per heavy atom. The number of esters is 7. The summed E-state index contributed by atoms with van der Waals surface area (Å²) >= 11 is 0. The van der Waals surface area contributed by atoms with Crippen molar-refractivity contribution in [2.24, 2.45) is 0 Å². The van der Waals surface area contributed by atoms with Crippen molar-refractivity contribution in [1.82, 2.24) is 0 Å². The van der Waals surface area contributed by atoms with Crippen LogP contribution in [0.3, 0.4) is 0 Å². The van der Waals surface area contributed by atoms with Crippen LogP contribution >= 0.6 is 0 Å². The molecule has 2 atom stereocenters. The molecular formula is C55H52O16. The first-order valence-corrected chi connectivity index (χ1v) is 22.0. The molecule has 368 valence electrons. The van der Waals surface area contributed by atoms with Gasteiger partial charge in [-0.15, -0.1) is 0 Å². The van der Waals surface area contributed by atoms with Crippen LogP contribution in [-0.4, -0.2) is 87.0 Å². The summed E-state index contributed by atoms with van der Waals surface area (Å²) < 4.78 is 49.0. The maximum atomic E-state index is 13.3. The topological polar surface area (TPSA) is 203 Å². The van der Waals surface area contributed by atoms with Gasteiger partial charge in [0.25, 0.3) is 0 Å². The molecule has 16 heteroatoms. The van der Waals surface area contributed by atoms with Crippen LogP contribution < -0.4 is 18.9 Å². The number of aryl methyl sites for hydroxylation is 4.